The fourth-order valence-corrected chi connectivity index (χ4v) is 13.0. The quantitative estimate of drug-likeness (QED) is 0.287. The molecule has 0 aliphatic heterocycles. The summed E-state index contributed by atoms with van der Waals surface area (Å²) in [5.74, 6) is 0. The van der Waals surface area contributed by atoms with Crippen molar-refractivity contribution in [1.29, 1.82) is 0 Å². The molecule has 0 radical (unpaired) electrons. The number of hydrogen-bond donors (Lipinski definition) is 0. The Morgan fingerprint density at radius 2 is 0.564 bits per heavy atom. The molecule has 39 heavy (non-hydrogen) atoms. The average Bonchev–Trinajstić information content (AvgIpc) is 2.68. The van der Waals surface area contributed by atoms with E-state index in [1.54, 1.807) is 31.2 Å². The Balaban J connectivity index is 2.71. The molecule has 0 aliphatic carbocycles. The number of rotatable bonds is 4. The normalized spacial score (nSPS) is 14.2. The molecular formula is C37H60Se2. The first-order valence-corrected chi connectivity index (χ1v) is 18.9. The first-order valence-electron chi connectivity index (χ1n) is 14.8. The molecule has 0 spiro atoms. The third kappa shape index (κ3) is 8.74. The summed E-state index contributed by atoms with van der Waals surface area (Å²) in [4.78, 5) is 0. The van der Waals surface area contributed by atoms with E-state index in [2.05, 4.69) is 149 Å². The molecule has 2 heteroatoms. The second kappa shape index (κ2) is 11.3. The molecule has 0 aromatic heterocycles. The van der Waals surface area contributed by atoms with E-state index in [9.17, 15) is 0 Å². The van der Waals surface area contributed by atoms with Crippen LogP contribution in [0.5, 0.6) is 0 Å². The van der Waals surface area contributed by atoms with Crippen LogP contribution in [0.4, 0.5) is 0 Å². The van der Waals surface area contributed by atoms with Gasteiger partial charge in [0, 0.05) is 0 Å². The Bertz CT molecular complexity index is 991. The van der Waals surface area contributed by atoms with Crippen molar-refractivity contribution in [2.75, 3.05) is 0 Å². The Hall–Kier alpha value is -0.521. The minimum atomic E-state index is 0.132. The van der Waals surface area contributed by atoms with Crippen molar-refractivity contribution in [2.45, 2.75) is 161 Å². The van der Waals surface area contributed by atoms with Crippen LogP contribution in [0.25, 0.3) is 0 Å². The summed E-state index contributed by atoms with van der Waals surface area (Å²) >= 11 is 0.850. The van der Waals surface area contributed by atoms with E-state index in [4.69, 9.17) is 0 Å². The van der Waals surface area contributed by atoms with Gasteiger partial charge in [-0.15, -0.1) is 0 Å². The van der Waals surface area contributed by atoms with Gasteiger partial charge in [0.05, 0.1) is 0 Å². The molecule has 0 unspecified atom stereocenters. The van der Waals surface area contributed by atoms with Crippen LogP contribution in [0.1, 0.15) is 158 Å². The molecule has 0 atom stereocenters. The third-order valence-electron chi connectivity index (χ3n) is 7.55. The van der Waals surface area contributed by atoms with Crippen molar-refractivity contribution in [3.05, 3.63) is 57.6 Å². The van der Waals surface area contributed by atoms with Gasteiger partial charge in [-0.1, -0.05) is 0 Å². The molecule has 0 bridgehead atoms. The van der Waals surface area contributed by atoms with Crippen LogP contribution < -0.4 is 8.92 Å². The van der Waals surface area contributed by atoms with Gasteiger partial charge in [0.1, 0.15) is 0 Å². The molecule has 0 N–H and O–H groups in total. The summed E-state index contributed by atoms with van der Waals surface area (Å²) in [5, 5.41) is 0. The topological polar surface area (TPSA) is 0 Å². The van der Waals surface area contributed by atoms with Crippen molar-refractivity contribution in [2.24, 2.45) is 0 Å². The van der Waals surface area contributed by atoms with Gasteiger partial charge in [-0.3, -0.25) is 0 Å². The van der Waals surface area contributed by atoms with Crippen molar-refractivity contribution < 1.29 is 0 Å². The van der Waals surface area contributed by atoms with Crippen LogP contribution in [0, 0.1) is 0 Å². The molecule has 0 saturated heterocycles. The van der Waals surface area contributed by atoms with Gasteiger partial charge in [0.15, 0.2) is 0 Å². The Kier molecular flexibility index (Phi) is 10.0. The van der Waals surface area contributed by atoms with Crippen molar-refractivity contribution >= 4 is 38.8 Å². The van der Waals surface area contributed by atoms with E-state index in [1.807, 2.05) is 0 Å². The van der Waals surface area contributed by atoms with E-state index >= 15 is 0 Å². The molecule has 0 amide bonds. The molecule has 2 aromatic rings. The number of hydrogen-bond acceptors (Lipinski definition) is 0. The number of benzene rings is 2. The SMILES string of the molecule is CC(C)(C)c1cc(C(C)(C)C)c([Se]C[Se]c2c(C(C)(C)C)cc(C(C)(C)C)cc2C(C)(C)C)c(C(C)(C)C)c1. The van der Waals surface area contributed by atoms with E-state index in [0.717, 1.165) is 0 Å². The average molecular weight is 663 g/mol. The molecule has 0 fully saturated rings. The fourth-order valence-electron chi connectivity index (χ4n) is 4.81. The van der Waals surface area contributed by atoms with E-state index in [1.165, 1.54) is 15.3 Å². The first-order chi connectivity index (χ1) is 17.1. The summed E-state index contributed by atoms with van der Waals surface area (Å²) in [7, 11) is 0. The Labute approximate surface area is 256 Å². The third-order valence-corrected chi connectivity index (χ3v) is 13.7. The molecule has 2 aromatic carbocycles. The van der Waals surface area contributed by atoms with Gasteiger partial charge < -0.3 is 0 Å². The first kappa shape index (κ1) is 34.7. The monoisotopic (exact) mass is 664 g/mol. The molecule has 0 saturated carbocycles. The van der Waals surface area contributed by atoms with Crippen LogP contribution in [0.2, 0.25) is 4.22 Å². The molecular weight excluding hydrogens is 602 g/mol. The second-order valence-corrected chi connectivity index (χ2v) is 23.7. The standard InChI is InChI=1S/C37H60Se2/c1-32(2,3)24-19-26(34(7,8)9)30(27(20-24)35(10,11)12)38-23-39-31-28(36(13,14)15)21-25(33(4,5)6)22-29(31)37(16,17)18/h19-22H,23H2,1-18H3. The minimum absolute atomic E-state index is 0.132. The van der Waals surface area contributed by atoms with Gasteiger partial charge >= 0.3 is 258 Å². The van der Waals surface area contributed by atoms with Crippen LogP contribution >= 0.6 is 0 Å². The van der Waals surface area contributed by atoms with Crippen molar-refractivity contribution in [1.82, 2.24) is 0 Å². The predicted molar refractivity (Wildman–Crippen MR) is 181 cm³/mol. The van der Waals surface area contributed by atoms with Gasteiger partial charge in [0.25, 0.3) is 0 Å². The van der Waals surface area contributed by atoms with Crippen LogP contribution in [0.15, 0.2) is 24.3 Å². The molecule has 0 aliphatic rings. The fraction of sp³-hybridized carbons (Fsp3) is 0.676. The van der Waals surface area contributed by atoms with Gasteiger partial charge in [-0.05, 0) is 0 Å². The summed E-state index contributed by atoms with van der Waals surface area (Å²) in [6.45, 7) is 43.1. The molecule has 0 heterocycles. The summed E-state index contributed by atoms with van der Waals surface area (Å²) in [5.41, 5.74) is 10.1. The van der Waals surface area contributed by atoms with E-state index in [-0.39, 0.29) is 32.5 Å². The summed E-state index contributed by atoms with van der Waals surface area (Å²) < 4.78 is 4.62. The zero-order chi connectivity index (χ0) is 30.6. The zero-order valence-corrected chi connectivity index (χ0v) is 32.3. The maximum absolute atomic E-state index is 2.55. The molecule has 2 rings (SSSR count). The van der Waals surface area contributed by atoms with Crippen LogP contribution in [-0.2, 0) is 32.5 Å². The van der Waals surface area contributed by atoms with Gasteiger partial charge in [-0.25, -0.2) is 0 Å². The van der Waals surface area contributed by atoms with Gasteiger partial charge in [-0.2, -0.15) is 0 Å². The molecule has 0 nitrogen and oxygen atoms in total. The summed E-state index contributed by atoms with van der Waals surface area (Å²) in [6.07, 6.45) is 0. The predicted octanol–water partition coefficient (Wildman–Crippen LogP) is 9.21. The van der Waals surface area contributed by atoms with E-state index in [0.29, 0.717) is 29.9 Å². The Morgan fingerprint density at radius 1 is 0.359 bits per heavy atom. The Morgan fingerprint density at radius 3 is 0.718 bits per heavy atom. The second-order valence-electron chi connectivity index (χ2n) is 17.7. The van der Waals surface area contributed by atoms with Crippen molar-refractivity contribution in [3.63, 3.8) is 0 Å². The molecule has 220 valence electrons. The van der Waals surface area contributed by atoms with E-state index < -0.39 is 0 Å². The summed E-state index contributed by atoms with van der Waals surface area (Å²) in [6, 6.07) is 10.2. The van der Waals surface area contributed by atoms with Crippen molar-refractivity contribution in [3.8, 4) is 0 Å². The zero-order valence-electron chi connectivity index (χ0n) is 28.8. The maximum atomic E-state index is 2.55. The van der Waals surface area contributed by atoms with Crippen LogP contribution in [0.3, 0.4) is 0 Å². The van der Waals surface area contributed by atoms with Gasteiger partial charge in [0.2, 0.25) is 0 Å². The van der Waals surface area contributed by atoms with Crippen LogP contribution in [-0.4, -0.2) is 29.9 Å².